The summed E-state index contributed by atoms with van der Waals surface area (Å²) in [5.74, 6) is 0.0814. The first-order valence-corrected chi connectivity index (χ1v) is 5.25. The average Bonchev–Trinajstić information content (AvgIpc) is 1.92. The number of nitrogens with zero attached hydrogens (tertiary/aromatic N) is 2. The molecule has 0 unspecified atom stereocenters. The molecule has 0 atom stereocenters. The van der Waals surface area contributed by atoms with Crippen LogP contribution in [0.15, 0.2) is 6.20 Å². The Labute approximate surface area is 103 Å². The number of halogens is 5. The zero-order valence-corrected chi connectivity index (χ0v) is 10.5. The van der Waals surface area contributed by atoms with Gasteiger partial charge in [0.2, 0.25) is 3.79 Å². The lowest BCUT2D eigenvalue weighted by atomic mass is 10.6. The maximum Gasteiger partial charge on any atom is 0.250 e. The molecule has 66 valence electrons. The van der Waals surface area contributed by atoms with Gasteiger partial charge in [0.15, 0.2) is 5.82 Å². The third-order valence-corrected chi connectivity index (χ3v) is 2.86. The van der Waals surface area contributed by atoms with Gasteiger partial charge in [-0.1, -0.05) is 46.4 Å². The lowest BCUT2D eigenvalue weighted by Gasteiger charge is -2.08. The van der Waals surface area contributed by atoms with Gasteiger partial charge in [-0.3, -0.25) is 0 Å². The molecule has 0 saturated carbocycles. The van der Waals surface area contributed by atoms with E-state index in [1.807, 2.05) is 22.6 Å². The molecule has 0 aliphatic heterocycles. The van der Waals surface area contributed by atoms with Crippen LogP contribution in [0.25, 0.3) is 0 Å². The second-order valence-corrected chi connectivity index (χ2v) is 5.63. The van der Waals surface area contributed by atoms with Crippen LogP contribution in [-0.2, 0) is 3.79 Å². The Hall–Kier alpha value is 0.970. The molecule has 0 aromatic carbocycles. The first-order chi connectivity index (χ1) is 5.41. The van der Waals surface area contributed by atoms with Crippen molar-refractivity contribution in [1.82, 2.24) is 9.97 Å². The van der Waals surface area contributed by atoms with Crippen LogP contribution < -0.4 is 0 Å². The molecule has 0 fully saturated rings. The predicted molar refractivity (Wildman–Crippen MR) is 59.0 cm³/mol. The topological polar surface area (TPSA) is 25.8 Å². The third-order valence-electron chi connectivity index (χ3n) is 0.955. The number of hydrogen-bond acceptors (Lipinski definition) is 2. The molecule has 0 saturated heterocycles. The van der Waals surface area contributed by atoms with E-state index in [4.69, 9.17) is 46.4 Å². The van der Waals surface area contributed by atoms with Gasteiger partial charge in [-0.15, -0.1) is 0 Å². The smallest absolute Gasteiger partial charge is 0.236 e. The fraction of sp³-hybridized carbons (Fsp3) is 0.200. The molecule has 1 aromatic rings. The van der Waals surface area contributed by atoms with Crippen molar-refractivity contribution in [2.24, 2.45) is 0 Å². The standard InChI is InChI=1S/C5HCl4IN2/c6-3-2(10)1-11-4(12-3)5(7,8)9/h1H. The highest BCUT2D eigenvalue weighted by Crippen LogP contribution is 2.36. The molecule has 7 heteroatoms. The summed E-state index contributed by atoms with van der Waals surface area (Å²) in [4.78, 5) is 7.61. The Bertz CT molecular complexity index is 298. The van der Waals surface area contributed by atoms with Gasteiger partial charge in [0.1, 0.15) is 5.15 Å². The summed E-state index contributed by atoms with van der Waals surface area (Å²) >= 11 is 24.3. The van der Waals surface area contributed by atoms with E-state index in [1.54, 1.807) is 0 Å². The van der Waals surface area contributed by atoms with Crippen LogP contribution in [0, 0.1) is 3.57 Å². The minimum absolute atomic E-state index is 0.0814. The molecule has 1 heterocycles. The van der Waals surface area contributed by atoms with Crippen LogP contribution in [0.3, 0.4) is 0 Å². The molecule has 0 aliphatic rings. The zero-order chi connectivity index (χ0) is 9.35. The molecule has 0 spiro atoms. The van der Waals surface area contributed by atoms with Crippen molar-refractivity contribution in [3.8, 4) is 0 Å². The van der Waals surface area contributed by atoms with E-state index in [0.717, 1.165) is 0 Å². The summed E-state index contributed by atoms with van der Waals surface area (Å²) in [6.45, 7) is 0. The first kappa shape index (κ1) is 11.0. The van der Waals surface area contributed by atoms with Crippen molar-refractivity contribution in [1.29, 1.82) is 0 Å². The maximum absolute atomic E-state index is 5.69. The first-order valence-electron chi connectivity index (χ1n) is 2.66. The Morgan fingerprint density at radius 3 is 2.33 bits per heavy atom. The largest absolute Gasteiger partial charge is 0.250 e. The Kier molecular flexibility index (Phi) is 3.69. The van der Waals surface area contributed by atoms with Crippen LogP contribution in [0.4, 0.5) is 0 Å². The quantitative estimate of drug-likeness (QED) is 0.403. The number of aromatic nitrogens is 2. The molecule has 1 aromatic heterocycles. The van der Waals surface area contributed by atoms with Gasteiger partial charge in [0.05, 0.1) is 3.57 Å². The summed E-state index contributed by atoms with van der Waals surface area (Å²) in [5, 5.41) is 0.284. The third kappa shape index (κ3) is 2.73. The van der Waals surface area contributed by atoms with Crippen molar-refractivity contribution < 1.29 is 0 Å². The molecule has 0 radical (unpaired) electrons. The second kappa shape index (κ2) is 4.00. The minimum Gasteiger partial charge on any atom is -0.236 e. The van der Waals surface area contributed by atoms with Gasteiger partial charge in [-0.05, 0) is 22.6 Å². The monoisotopic (exact) mass is 356 g/mol. The molecular formula is C5HCl4IN2. The summed E-state index contributed by atoms with van der Waals surface area (Å²) in [6.07, 6.45) is 1.49. The number of hydrogen-bond donors (Lipinski definition) is 0. The SMILES string of the molecule is Clc1nc(C(Cl)(Cl)Cl)ncc1I. The Morgan fingerprint density at radius 2 is 1.92 bits per heavy atom. The van der Waals surface area contributed by atoms with E-state index in [-0.39, 0.29) is 11.0 Å². The molecule has 0 bridgehead atoms. The lowest BCUT2D eigenvalue weighted by Crippen LogP contribution is -2.07. The number of rotatable bonds is 0. The Morgan fingerprint density at radius 1 is 1.33 bits per heavy atom. The summed E-state index contributed by atoms with van der Waals surface area (Å²) in [5.41, 5.74) is 0. The van der Waals surface area contributed by atoms with Gasteiger partial charge in [0, 0.05) is 6.20 Å². The van der Waals surface area contributed by atoms with E-state index in [0.29, 0.717) is 3.57 Å². The van der Waals surface area contributed by atoms with Gasteiger partial charge in [-0.25, -0.2) is 9.97 Å². The lowest BCUT2D eigenvalue weighted by molar-refractivity contribution is 0.962. The van der Waals surface area contributed by atoms with E-state index in [1.165, 1.54) is 6.20 Å². The molecule has 0 aliphatic carbocycles. The highest BCUT2D eigenvalue weighted by molar-refractivity contribution is 14.1. The van der Waals surface area contributed by atoms with E-state index in [2.05, 4.69) is 9.97 Å². The fourth-order valence-electron chi connectivity index (χ4n) is 0.483. The van der Waals surface area contributed by atoms with Crippen LogP contribution in [-0.4, -0.2) is 9.97 Å². The number of alkyl halides is 3. The highest BCUT2D eigenvalue weighted by Gasteiger charge is 2.27. The van der Waals surface area contributed by atoms with E-state index in [9.17, 15) is 0 Å². The summed E-state index contributed by atoms with van der Waals surface area (Å²) in [7, 11) is 0. The van der Waals surface area contributed by atoms with Gasteiger partial charge >= 0.3 is 0 Å². The molecule has 1 rings (SSSR count). The van der Waals surface area contributed by atoms with E-state index >= 15 is 0 Å². The van der Waals surface area contributed by atoms with Crippen molar-refractivity contribution in [2.75, 3.05) is 0 Å². The van der Waals surface area contributed by atoms with Crippen LogP contribution in [0.1, 0.15) is 5.82 Å². The van der Waals surface area contributed by atoms with Crippen LogP contribution in [0.5, 0.6) is 0 Å². The predicted octanol–water partition coefficient (Wildman–Crippen LogP) is 3.56. The van der Waals surface area contributed by atoms with Gasteiger partial charge in [-0.2, -0.15) is 0 Å². The molecule has 2 nitrogen and oxygen atoms in total. The highest BCUT2D eigenvalue weighted by atomic mass is 127. The average molecular weight is 358 g/mol. The van der Waals surface area contributed by atoms with Crippen molar-refractivity contribution >= 4 is 69.0 Å². The molecule has 12 heavy (non-hydrogen) atoms. The molecule has 0 N–H and O–H groups in total. The van der Waals surface area contributed by atoms with Crippen molar-refractivity contribution in [2.45, 2.75) is 3.79 Å². The van der Waals surface area contributed by atoms with Gasteiger partial charge in [0.25, 0.3) is 0 Å². The van der Waals surface area contributed by atoms with Crippen LogP contribution in [0.2, 0.25) is 5.15 Å². The maximum atomic E-state index is 5.69. The zero-order valence-electron chi connectivity index (χ0n) is 5.36. The normalized spacial score (nSPS) is 11.8. The fourth-order valence-corrected chi connectivity index (χ4v) is 1.14. The minimum atomic E-state index is -1.62. The molecule has 0 amide bonds. The van der Waals surface area contributed by atoms with Crippen LogP contribution >= 0.6 is 69.0 Å². The summed E-state index contributed by atoms with van der Waals surface area (Å²) < 4.78 is -0.902. The van der Waals surface area contributed by atoms with Crippen molar-refractivity contribution in [3.05, 3.63) is 20.7 Å². The van der Waals surface area contributed by atoms with E-state index < -0.39 is 3.79 Å². The van der Waals surface area contributed by atoms with Crippen molar-refractivity contribution in [3.63, 3.8) is 0 Å². The second-order valence-electron chi connectivity index (χ2n) is 1.83. The van der Waals surface area contributed by atoms with Gasteiger partial charge < -0.3 is 0 Å². The Balaban J connectivity index is 3.14. The molecular weight excluding hydrogens is 357 g/mol. The summed E-state index contributed by atoms with van der Waals surface area (Å²) in [6, 6.07) is 0.